The molecule has 1 aliphatic rings. The molecule has 6 aromatic carbocycles. The lowest BCUT2D eigenvalue weighted by molar-refractivity contribution is 0.476. The van der Waals surface area contributed by atoms with E-state index in [9.17, 15) is 5.11 Å². The van der Waals surface area contributed by atoms with Crippen molar-refractivity contribution in [1.29, 1.82) is 0 Å². The van der Waals surface area contributed by atoms with Crippen molar-refractivity contribution in [2.75, 3.05) is 0 Å². The summed E-state index contributed by atoms with van der Waals surface area (Å²) in [5, 5.41) is 15.8. The number of fused-ring (bicyclic) bond motifs is 8. The standard InChI is InChI=1S/C40H30N2O2/c1-23(2)25-11-15-28(16-12-25)41-33-17-13-27(22-31(33)32-19-24(3)20-36(43)39(32)41)26-14-18-34-30(21-26)29-7-6-10-38-40(29)42(34)35-8-4-5-9-37(35)44-38/h4-23,43H,1-3H3. The normalized spacial score (nSPS) is 12.5. The number of para-hydroxylation sites is 3. The number of aryl methyl sites for hydroxylation is 1. The third-order valence-electron chi connectivity index (χ3n) is 9.21. The Hall–Kier alpha value is -5.48. The predicted molar refractivity (Wildman–Crippen MR) is 181 cm³/mol. The zero-order valence-corrected chi connectivity index (χ0v) is 24.8. The van der Waals surface area contributed by atoms with Gasteiger partial charge in [0.1, 0.15) is 5.75 Å². The third kappa shape index (κ3) is 3.45. The Labute approximate surface area is 255 Å². The molecule has 0 unspecified atom stereocenters. The topological polar surface area (TPSA) is 39.3 Å². The van der Waals surface area contributed by atoms with Gasteiger partial charge in [0.15, 0.2) is 11.5 Å². The van der Waals surface area contributed by atoms with Gasteiger partial charge < -0.3 is 19.0 Å². The Morgan fingerprint density at radius 3 is 2.02 bits per heavy atom. The monoisotopic (exact) mass is 570 g/mol. The van der Waals surface area contributed by atoms with Gasteiger partial charge in [0, 0.05) is 27.2 Å². The van der Waals surface area contributed by atoms with E-state index in [-0.39, 0.29) is 0 Å². The molecule has 1 N–H and O–H groups in total. The van der Waals surface area contributed by atoms with E-state index in [0.29, 0.717) is 11.7 Å². The number of ether oxygens (including phenoxy) is 1. The Kier molecular flexibility index (Phi) is 5.13. The van der Waals surface area contributed by atoms with E-state index in [2.05, 4.69) is 114 Å². The molecule has 212 valence electrons. The van der Waals surface area contributed by atoms with Crippen LogP contribution in [0.3, 0.4) is 0 Å². The molecule has 3 heterocycles. The molecule has 0 radical (unpaired) electrons. The third-order valence-corrected chi connectivity index (χ3v) is 9.21. The van der Waals surface area contributed by atoms with Crippen molar-refractivity contribution >= 4 is 43.6 Å². The van der Waals surface area contributed by atoms with Gasteiger partial charge in [-0.05, 0) is 102 Å². The van der Waals surface area contributed by atoms with Crippen LogP contribution in [0.4, 0.5) is 0 Å². The van der Waals surface area contributed by atoms with Crippen LogP contribution < -0.4 is 4.74 Å². The highest BCUT2D eigenvalue weighted by atomic mass is 16.5. The maximum atomic E-state index is 11.2. The molecule has 0 aliphatic carbocycles. The number of phenols is 1. The van der Waals surface area contributed by atoms with Crippen LogP contribution in [0, 0.1) is 6.92 Å². The number of benzene rings is 6. The van der Waals surface area contributed by atoms with E-state index in [1.165, 1.54) is 16.3 Å². The molecule has 0 fully saturated rings. The largest absolute Gasteiger partial charge is 0.506 e. The molecule has 0 saturated carbocycles. The van der Waals surface area contributed by atoms with E-state index >= 15 is 0 Å². The summed E-state index contributed by atoms with van der Waals surface area (Å²) in [6, 6.07) is 40.7. The molecule has 4 nitrogen and oxygen atoms in total. The first-order valence-electron chi connectivity index (χ1n) is 15.2. The number of aromatic hydroxyl groups is 1. The van der Waals surface area contributed by atoms with E-state index in [4.69, 9.17) is 4.74 Å². The Balaban J connectivity index is 1.27. The maximum Gasteiger partial charge on any atom is 0.152 e. The highest BCUT2D eigenvalue weighted by Gasteiger charge is 2.24. The number of hydrogen-bond donors (Lipinski definition) is 1. The van der Waals surface area contributed by atoms with Crippen molar-refractivity contribution in [1.82, 2.24) is 9.13 Å². The summed E-state index contributed by atoms with van der Waals surface area (Å²) in [6.45, 7) is 6.45. The summed E-state index contributed by atoms with van der Waals surface area (Å²) in [6.07, 6.45) is 0. The Bertz CT molecular complexity index is 2460. The highest BCUT2D eigenvalue weighted by molar-refractivity contribution is 6.15. The fourth-order valence-electron chi connectivity index (χ4n) is 7.12. The molecule has 1 aliphatic heterocycles. The molecule has 9 rings (SSSR count). The van der Waals surface area contributed by atoms with E-state index in [1.54, 1.807) is 0 Å². The molecule has 2 aromatic heterocycles. The van der Waals surface area contributed by atoms with Gasteiger partial charge in [-0.2, -0.15) is 0 Å². The molecule has 0 amide bonds. The molecule has 0 spiro atoms. The molecular formula is C40H30N2O2. The van der Waals surface area contributed by atoms with Crippen LogP contribution in [0.15, 0.2) is 115 Å². The summed E-state index contributed by atoms with van der Waals surface area (Å²) in [5.41, 5.74) is 10.9. The molecule has 4 heteroatoms. The van der Waals surface area contributed by atoms with Gasteiger partial charge in [-0.1, -0.05) is 62.4 Å². The van der Waals surface area contributed by atoms with Crippen LogP contribution in [-0.2, 0) is 0 Å². The van der Waals surface area contributed by atoms with E-state index in [0.717, 1.165) is 72.4 Å². The summed E-state index contributed by atoms with van der Waals surface area (Å²) in [7, 11) is 0. The molecule has 8 aromatic rings. The van der Waals surface area contributed by atoms with Crippen molar-refractivity contribution < 1.29 is 9.84 Å². The fourth-order valence-corrected chi connectivity index (χ4v) is 7.12. The lowest BCUT2D eigenvalue weighted by Gasteiger charge is -2.20. The van der Waals surface area contributed by atoms with Crippen LogP contribution in [0.25, 0.3) is 66.1 Å². The van der Waals surface area contributed by atoms with Gasteiger partial charge in [-0.3, -0.25) is 0 Å². The second-order valence-corrected chi connectivity index (χ2v) is 12.3. The molecular weight excluding hydrogens is 540 g/mol. The Morgan fingerprint density at radius 1 is 0.591 bits per heavy atom. The number of hydrogen-bond acceptors (Lipinski definition) is 2. The van der Waals surface area contributed by atoms with Crippen LogP contribution in [0.5, 0.6) is 17.2 Å². The average Bonchev–Trinajstić information content (AvgIpc) is 3.55. The fraction of sp³-hybridized carbons (Fsp3) is 0.100. The van der Waals surface area contributed by atoms with Gasteiger partial charge in [0.25, 0.3) is 0 Å². The van der Waals surface area contributed by atoms with Crippen LogP contribution in [0.2, 0.25) is 0 Å². The van der Waals surface area contributed by atoms with Crippen molar-refractivity contribution in [2.45, 2.75) is 26.7 Å². The first-order valence-corrected chi connectivity index (χ1v) is 15.2. The lowest BCUT2D eigenvalue weighted by Crippen LogP contribution is -2.03. The zero-order valence-electron chi connectivity index (χ0n) is 24.8. The quantitative estimate of drug-likeness (QED) is 0.229. The smallest absolute Gasteiger partial charge is 0.152 e. The van der Waals surface area contributed by atoms with Gasteiger partial charge >= 0.3 is 0 Å². The minimum atomic E-state index is 0.295. The Morgan fingerprint density at radius 2 is 1.27 bits per heavy atom. The van der Waals surface area contributed by atoms with E-state index in [1.807, 2.05) is 31.2 Å². The van der Waals surface area contributed by atoms with Gasteiger partial charge in [-0.25, -0.2) is 0 Å². The van der Waals surface area contributed by atoms with Gasteiger partial charge in [0.05, 0.1) is 27.8 Å². The summed E-state index contributed by atoms with van der Waals surface area (Å²) < 4.78 is 10.8. The SMILES string of the molecule is Cc1cc(O)c2c(c1)c1cc(-c3ccc4c(c3)c3cccc5c3n4-c3ccccc3O5)ccc1n2-c1ccc(C(C)C)cc1. The summed E-state index contributed by atoms with van der Waals surface area (Å²) in [5.74, 6) is 2.50. The number of rotatable bonds is 3. The van der Waals surface area contributed by atoms with Crippen molar-refractivity contribution in [3.63, 3.8) is 0 Å². The number of aromatic nitrogens is 2. The van der Waals surface area contributed by atoms with E-state index < -0.39 is 0 Å². The first-order chi connectivity index (χ1) is 21.5. The molecule has 0 saturated heterocycles. The number of nitrogens with zero attached hydrogens (tertiary/aromatic N) is 2. The second-order valence-electron chi connectivity index (χ2n) is 12.3. The minimum absolute atomic E-state index is 0.295. The molecule has 0 bridgehead atoms. The maximum absolute atomic E-state index is 11.2. The lowest BCUT2D eigenvalue weighted by atomic mass is 10.00. The first kappa shape index (κ1) is 25.1. The van der Waals surface area contributed by atoms with Crippen molar-refractivity contribution in [3.8, 4) is 39.8 Å². The summed E-state index contributed by atoms with van der Waals surface area (Å²) >= 11 is 0. The zero-order chi connectivity index (χ0) is 29.7. The van der Waals surface area contributed by atoms with Crippen molar-refractivity contribution in [2.24, 2.45) is 0 Å². The van der Waals surface area contributed by atoms with Crippen LogP contribution >= 0.6 is 0 Å². The highest BCUT2D eigenvalue weighted by Crippen LogP contribution is 2.46. The number of phenolic OH excluding ortho intramolecular Hbond substituents is 1. The van der Waals surface area contributed by atoms with Gasteiger partial charge in [-0.15, -0.1) is 0 Å². The molecule has 0 atom stereocenters. The average molecular weight is 571 g/mol. The predicted octanol–water partition coefficient (Wildman–Crippen LogP) is 10.8. The second kappa shape index (κ2) is 9.01. The van der Waals surface area contributed by atoms with Crippen LogP contribution in [-0.4, -0.2) is 14.2 Å². The minimum Gasteiger partial charge on any atom is -0.506 e. The molecule has 44 heavy (non-hydrogen) atoms. The summed E-state index contributed by atoms with van der Waals surface area (Å²) in [4.78, 5) is 0. The van der Waals surface area contributed by atoms with Crippen LogP contribution in [0.1, 0.15) is 30.9 Å². The van der Waals surface area contributed by atoms with Crippen molar-refractivity contribution in [3.05, 3.63) is 126 Å². The van der Waals surface area contributed by atoms with Gasteiger partial charge in [0.2, 0.25) is 0 Å².